The first-order chi connectivity index (χ1) is 9.10. The third-order valence-corrected chi connectivity index (χ3v) is 4.17. The fraction of sp³-hybridized carbons (Fsp3) is 0.357. The first kappa shape index (κ1) is 12.8. The third kappa shape index (κ3) is 2.11. The van der Waals surface area contributed by atoms with Gasteiger partial charge in [0.1, 0.15) is 0 Å². The molecule has 0 radical (unpaired) electrons. The van der Waals surface area contributed by atoms with E-state index < -0.39 is 0 Å². The molecule has 0 bridgehead atoms. The molecule has 0 aliphatic carbocycles. The zero-order valence-corrected chi connectivity index (χ0v) is 12.1. The lowest BCUT2D eigenvalue weighted by molar-refractivity contribution is -0.131. The molecule has 3 rings (SSSR count). The normalized spacial score (nSPS) is 14.8. The van der Waals surface area contributed by atoms with Crippen LogP contribution in [0.15, 0.2) is 12.1 Å². The van der Waals surface area contributed by atoms with Gasteiger partial charge in [0, 0.05) is 47.6 Å². The van der Waals surface area contributed by atoms with Crippen LogP contribution < -0.4 is 0 Å². The number of aromatic nitrogens is 1. The van der Waals surface area contributed by atoms with Crippen molar-refractivity contribution in [2.45, 2.75) is 26.3 Å². The summed E-state index contributed by atoms with van der Waals surface area (Å²) < 4.78 is 0. The zero-order chi connectivity index (χ0) is 13.6. The maximum absolute atomic E-state index is 11.8. The number of nitrogens with one attached hydrogen (secondary N) is 1. The van der Waals surface area contributed by atoms with Crippen LogP contribution in [0, 0.1) is 0 Å². The van der Waals surface area contributed by atoms with Crippen LogP contribution in [0.2, 0.25) is 10.0 Å². The first-order valence-corrected chi connectivity index (χ1v) is 7.12. The molecule has 0 spiro atoms. The number of carbonyl (C=O) groups is 1. The number of halogens is 2. The summed E-state index contributed by atoms with van der Waals surface area (Å²) in [5.41, 5.74) is 3.23. The number of nitrogens with zero attached hydrogens (tertiary/aromatic N) is 1. The molecule has 0 fully saturated rings. The van der Waals surface area contributed by atoms with Gasteiger partial charge in [0.25, 0.3) is 0 Å². The van der Waals surface area contributed by atoms with E-state index in [0.29, 0.717) is 23.0 Å². The highest BCUT2D eigenvalue weighted by Crippen LogP contribution is 2.34. The molecule has 1 N–H and O–H groups in total. The largest absolute Gasteiger partial charge is 0.357 e. The first-order valence-electron chi connectivity index (χ1n) is 6.36. The number of hydrogen-bond acceptors (Lipinski definition) is 1. The molecule has 2 heterocycles. The molecule has 0 atom stereocenters. The summed E-state index contributed by atoms with van der Waals surface area (Å²) in [6.07, 6.45) is 1.38. The number of carbonyl (C=O) groups excluding carboxylic acids is 1. The Morgan fingerprint density at radius 2 is 2.21 bits per heavy atom. The lowest BCUT2D eigenvalue weighted by Crippen LogP contribution is -2.35. The average Bonchev–Trinajstić information content (AvgIpc) is 2.76. The Hall–Kier alpha value is -1.19. The quantitative estimate of drug-likeness (QED) is 0.854. The molecule has 1 aromatic carbocycles. The fourth-order valence-corrected chi connectivity index (χ4v) is 3.22. The standard InChI is InChI=1S/C14H14Cl2N2O/c1-2-13(19)18-4-3-12-10(7-18)9-5-8(15)6-11(16)14(9)17-12/h5-6,17H,2-4,7H2,1H3. The predicted molar refractivity (Wildman–Crippen MR) is 77.7 cm³/mol. The SMILES string of the molecule is CCC(=O)N1CCc2[nH]c3c(Cl)cc(Cl)cc3c2C1. The highest BCUT2D eigenvalue weighted by atomic mass is 35.5. The predicted octanol–water partition coefficient (Wildman–Crippen LogP) is 3.77. The van der Waals surface area contributed by atoms with Crippen LogP contribution in [0.4, 0.5) is 0 Å². The van der Waals surface area contributed by atoms with Crippen molar-refractivity contribution in [1.29, 1.82) is 0 Å². The highest BCUT2D eigenvalue weighted by molar-refractivity contribution is 6.38. The maximum atomic E-state index is 11.8. The number of hydrogen-bond donors (Lipinski definition) is 1. The van der Waals surface area contributed by atoms with Gasteiger partial charge in [-0.15, -0.1) is 0 Å². The fourth-order valence-electron chi connectivity index (χ4n) is 2.67. The molecule has 19 heavy (non-hydrogen) atoms. The summed E-state index contributed by atoms with van der Waals surface area (Å²) in [5, 5.41) is 2.28. The van der Waals surface area contributed by atoms with Crippen molar-refractivity contribution in [3.63, 3.8) is 0 Å². The lowest BCUT2D eigenvalue weighted by atomic mass is 10.0. The highest BCUT2D eigenvalue weighted by Gasteiger charge is 2.23. The Morgan fingerprint density at radius 1 is 1.42 bits per heavy atom. The van der Waals surface area contributed by atoms with E-state index >= 15 is 0 Å². The van der Waals surface area contributed by atoms with Gasteiger partial charge >= 0.3 is 0 Å². The van der Waals surface area contributed by atoms with Crippen LogP contribution >= 0.6 is 23.2 Å². The Labute approximate surface area is 121 Å². The second-order valence-corrected chi connectivity index (χ2v) is 5.65. The minimum atomic E-state index is 0.188. The average molecular weight is 297 g/mol. The molecule has 1 aliphatic heterocycles. The van der Waals surface area contributed by atoms with Gasteiger partial charge in [0.05, 0.1) is 10.5 Å². The second kappa shape index (κ2) is 4.73. The van der Waals surface area contributed by atoms with Crippen molar-refractivity contribution in [3.8, 4) is 0 Å². The van der Waals surface area contributed by atoms with Gasteiger partial charge in [-0.05, 0) is 12.1 Å². The molecule has 5 heteroatoms. The second-order valence-electron chi connectivity index (χ2n) is 4.81. The molecule has 1 aliphatic rings. The van der Waals surface area contributed by atoms with Crippen LogP contribution in [0.1, 0.15) is 24.6 Å². The summed E-state index contributed by atoms with van der Waals surface area (Å²) in [6.45, 7) is 3.29. The number of H-pyrrole nitrogens is 1. The molecule has 0 saturated carbocycles. The Bertz CT molecular complexity index is 663. The number of amides is 1. The van der Waals surface area contributed by atoms with Gasteiger partial charge < -0.3 is 9.88 Å². The molecular formula is C14H14Cl2N2O. The number of benzene rings is 1. The van der Waals surface area contributed by atoms with Gasteiger partial charge in [-0.3, -0.25) is 4.79 Å². The van der Waals surface area contributed by atoms with Crippen LogP contribution in [0.3, 0.4) is 0 Å². The monoisotopic (exact) mass is 296 g/mol. The van der Waals surface area contributed by atoms with Crippen molar-refractivity contribution in [1.82, 2.24) is 9.88 Å². The number of aromatic amines is 1. The van der Waals surface area contributed by atoms with Crippen LogP contribution in [0.25, 0.3) is 10.9 Å². The van der Waals surface area contributed by atoms with E-state index in [1.54, 1.807) is 6.07 Å². The van der Waals surface area contributed by atoms with Crippen molar-refractivity contribution in [2.24, 2.45) is 0 Å². The minimum Gasteiger partial charge on any atom is -0.357 e. The summed E-state index contributed by atoms with van der Waals surface area (Å²) in [4.78, 5) is 17.1. The minimum absolute atomic E-state index is 0.188. The smallest absolute Gasteiger partial charge is 0.222 e. The number of fused-ring (bicyclic) bond motifs is 3. The molecule has 0 unspecified atom stereocenters. The van der Waals surface area contributed by atoms with E-state index in [2.05, 4.69) is 4.98 Å². The molecular weight excluding hydrogens is 283 g/mol. The Balaban J connectivity index is 2.10. The van der Waals surface area contributed by atoms with E-state index in [-0.39, 0.29) is 5.91 Å². The van der Waals surface area contributed by atoms with Gasteiger partial charge in [0.2, 0.25) is 5.91 Å². The van der Waals surface area contributed by atoms with Crippen molar-refractivity contribution in [2.75, 3.05) is 6.54 Å². The molecule has 2 aromatic rings. The third-order valence-electron chi connectivity index (χ3n) is 3.66. The topological polar surface area (TPSA) is 36.1 Å². The Morgan fingerprint density at radius 3 is 2.95 bits per heavy atom. The van der Waals surface area contributed by atoms with E-state index in [1.165, 1.54) is 5.69 Å². The zero-order valence-electron chi connectivity index (χ0n) is 10.6. The van der Waals surface area contributed by atoms with Crippen molar-refractivity contribution >= 4 is 40.0 Å². The maximum Gasteiger partial charge on any atom is 0.222 e. The molecule has 1 amide bonds. The Kier molecular flexibility index (Phi) is 3.19. The van der Waals surface area contributed by atoms with Gasteiger partial charge in [-0.2, -0.15) is 0 Å². The van der Waals surface area contributed by atoms with Gasteiger partial charge in [-0.1, -0.05) is 30.1 Å². The van der Waals surface area contributed by atoms with Crippen molar-refractivity contribution < 1.29 is 4.79 Å². The van der Waals surface area contributed by atoms with Gasteiger partial charge in [0.15, 0.2) is 0 Å². The van der Waals surface area contributed by atoms with Crippen LogP contribution in [-0.2, 0) is 17.8 Å². The summed E-state index contributed by atoms with van der Waals surface area (Å²) in [6, 6.07) is 3.65. The van der Waals surface area contributed by atoms with E-state index in [9.17, 15) is 4.79 Å². The summed E-state index contributed by atoms with van der Waals surface area (Å²) in [5.74, 6) is 0.188. The van der Waals surface area contributed by atoms with Crippen LogP contribution in [-0.4, -0.2) is 22.3 Å². The number of rotatable bonds is 1. The van der Waals surface area contributed by atoms with Crippen LogP contribution in [0.5, 0.6) is 0 Å². The molecule has 100 valence electrons. The lowest BCUT2D eigenvalue weighted by Gasteiger charge is -2.27. The summed E-state index contributed by atoms with van der Waals surface area (Å²) >= 11 is 12.3. The van der Waals surface area contributed by atoms with Gasteiger partial charge in [-0.25, -0.2) is 0 Å². The summed E-state index contributed by atoms with van der Waals surface area (Å²) in [7, 11) is 0. The van der Waals surface area contributed by atoms with E-state index in [4.69, 9.17) is 23.2 Å². The molecule has 0 saturated heterocycles. The molecule has 1 aromatic heterocycles. The van der Waals surface area contributed by atoms with Crippen molar-refractivity contribution in [3.05, 3.63) is 33.4 Å². The van der Waals surface area contributed by atoms with E-state index in [0.717, 1.165) is 29.4 Å². The van der Waals surface area contributed by atoms with E-state index in [1.807, 2.05) is 17.9 Å². The molecule has 3 nitrogen and oxygen atoms in total.